The second kappa shape index (κ2) is 5.55. The number of carboxylic acid groups (broad SMARTS) is 1. The molecule has 2 aromatic heterocycles. The predicted octanol–water partition coefficient (Wildman–Crippen LogP) is 4.62. The molecule has 0 saturated carbocycles. The molecule has 0 bridgehead atoms. The Morgan fingerprint density at radius 1 is 1.23 bits per heavy atom. The third-order valence-electron chi connectivity index (χ3n) is 3.40. The zero-order valence-corrected chi connectivity index (χ0v) is 13.0. The van der Waals surface area contributed by atoms with Crippen LogP contribution in [0.1, 0.15) is 10.4 Å². The van der Waals surface area contributed by atoms with Gasteiger partial charge in [-0.05, 0) is 24.3 Å². The Kier molecular flexibility index (Phi) is 3.72. The SMILES string of the molecule is COc1c(Cl)cc(Cl)cc1-c1cn2ccccc2c1C(=O)O. The highest BCUT2D eigenvalue weighted by molar-refractivity contribution is 6.36. The number of methoxy groups -OCH3 is 1. The van der Waals surface area contributed by atoms with Gasteiger partial charge in [-0.25, -0.2) is 4.79 Å². The van der Waals surface area contributed by atoms with Crippen molar-refractivity contribution in [2.75, 3.05) is 7.11 Å². The summed E-state index contributed by atoms with van der Waals surface area (Å²) in [7, 11) is 1.48. The molecule has 0 aliphatic rings. The van der Waals surface area contributed by atoms with Crippen LogP contribution in [-0.4, -0.2) is 22.6 Å². The van der Waals surface area contributed by atoms with Crippen LogP contribution < -0.4 is 4.74 Å². The summed E-state index contributed by atoms with van der Waals surface area (Å²) < 4.78 is 7.07. The molecule has 0 aliphatic carbocycles. The topological polar surface area (TPSA) is 50.9 Å². The van der Waals surface area contributed by atoms with Crippen LogP contribution in [-0.2, 0) is 0 Å². The summed E-state index contributed by atoms with van der Waals surface area (Å²) in [6.45, 7) is 0. The van der Waals surface area contributed by atoms with Gasteiger partial charge in [0, 0.05) is 28.5 Å². The molecule has 3 rings (SSSR count). The number of hydrogen-bond donors (Lipinski definition) is 1. The lowest BCUT2D eigenvalue weighted by atomic mass is 10.0. The van der Waals surface area contributed by atoms with Crippen molar-refractivity contribution < 1.29 is 14.6 Å². The van der Waals surface area contributed by atoms with Gasteiger partial charge in [-0.3, -0.25) is 0 Å². The van der Waals surface area contributed by atoms with Crippen LogP contribution in [0.25, 0.3) is 16.6 Å². The predicted molar refractivity (Wildman–Crippen MR) is 86.4 cm³/mol. The zero-order valence-electron chi connectivity index (χ0n) is 11.5. The Bertz CT molecular complexity index is 886. The van der Waals surface area contributed by atoms with Crippen LogP contribution in [0, 0.1) is 0 Å². The Balaban J connectivity index is 2.40. The van der Waals surface area contributed by atoms with Gasteiger partial charge in [0.15, 0.2) is 0 Å². The molecule has 0 atom stereocenters. The number of carbonyl (C=O) groups is 1. The van der Waals surface area contributed by atoms with Crippen molar-refractivity contribution in [3.05, 3.63) is 58.3 Å². The molecule has 0 aliphatic heterocycles. The first-order valence-corrected chi connectivity index (χ1v) is 7.15. The van der Waals surface area contributed by atoms with E-state index in [1.807, 2.05) is 6.07 Å². The number of fused-ring (bicyclic) bond motifs is 1. The van der Waals surface area contributed by atoms with Crippen molar-refractivity contribution in [3.8, 4) is 16.9 Å². The van der Waals surface area contributed by atoms with Gasteiger partial charge < -0.3 is 14.2 Å². The van der Waals surface area contributed by atoms with E-state index in [2.05, 4.69) is 0 Å². The number of halogens is 2. The number of aromatic carboxylic acids is 1. The highest BCUT2D eigenvalue weighted by atomic mass is 35.5. The Morgan fingerprint density at radius 3 is 2.68 bits per heavy atom. The minimum Gasteiger partial charge on any atom is -0.495 e. The minimum atomic E-state index is -1.03. The van der Waals surface area contributed by atoms with Crippen LogP contribution in [0.3, 0.4) is 0 Å². The molecule has 0 amide bonds. The maximum absolute atomic E-state index is 11.7. The summed E-state index contributed by atoms with van der Waals surface area (Å²) in [4.78, 5) is 11.7. The van der Waals surface area contributed by atoms with Gasteiger partial charge in [0.25, 0.3) is 0 Å². The Hall–Kier alpha value is -2.17. The van der Waals surface area contributed by atoms with E-state index < -0.39 is 5.97 Å². The summed E-state index contributed by atoms with van der Waals surface area (Å²) in [5, 5.41) is 10.3. The molecular weight excluding hydrogens is 325 g/mol. The molecule has 4 nitrogen and oxygen atoms in total. The molecule has 2 heterocycles. The second-order valence-electron chi connectivity index (χ2n) is 4.68. The van der Waals surface area contributed by atoms with Gasteiger partial charge in [-0.2, -0.15) is 0 Å². The van der Waals surface area contributed by atoms with E-state index in [4.69, 9.17) is 27.9 Å². The zero-order chi connectivity index (χ0) is 15.9. The average Bonchev–Trinajstić information content (AvgIpc) is 2.85. The van der Waals surface area contributed by atoms with Crippen LogP contribution in [0.15, 0.2) is 42.7 Å². The molecule has 22 heavy (non-hydrogen) atoms. The van der Waals surface area contributed by atoms with Crippen LogP contribution in [0.5, 0.6) is 5.75 Å². The fraction of sp³-hybridized carbons (Fsp3) is 0.0625. The molecule has 0 unspecified atom stereocenters. The fourth-order valence-electron chi connectivity index (χ4n) is 2.52. The molecule has 1 aromatic carbocycles. The molecule has 0 radical (unpaired) electrons. The fourth-order valence-corrected chi connectivity index (χ4v) is 3.09. The van der Waals surface area contributed by atoms with Crippen molar-refractivity contribution in [1.82, 2.24) is 4.40 Å². The minimum absolute atomic E-state index is 0.178. The van der Waals surface area contributed by atoms with Gasteiger partial charge in [0.1, 0.15) is 5.75 Å². The number of nitrogens with zero attached hydrogens (tertiary/aromatic N) is 1. The molecule has 0 fully saturated rings. The number of ether oxygens (including phenoxy) is 1. The third kappa shape index (κ3) is 2.30. The molecule has 3 aromatic rings. The number of pyridine rings is 1. The average molecular weight is 336 g/mol. The van der Waals surface area contributed by atoms with Gasteiger partial charge in [0.2, 0.25) is 0 Å². The lowest BCUT2D eigenvalue weighted by Crippen LogP contribution is -1.99. The van der Waals surface area contributed by atoms with E-state index in [9.17, 15) is 9.90 Å². The molecule has 1 N–H and O–H groups in total. The largest absolute Gasteiger partial charge is 0.495 e. The van der Waals surface area contributed by atoms with Crippen molar-refractivity contribution in [3.63, 3.8) is 0 Å². The van der Waals surface area contributed by atoms with Gasteiger partial charge in [-0.1, -0.05) is 29.3 Å². The van der Waals surface area contributed by atoms with Crippen molar-refractivity contribution in [2.45, 2.75) is 0 Å². The number of rotatable bonds is 3. The lowest BCUT2D eigenvalue weighted by molar-refractivity contribution is 0.0700. The Labute approximate surface area is 136 Å². The van der Waals surface area contributed by atoms with Gasteiger partial charge >= 0.3 is 5.97 Å². The first kappa shape index (κ1) is 14.8. The second-order valence-corrected chi connectivity index (χ2v) is 5.53. The van der Waals surface area contributed by atoms with E-state index in [0.717, 1.165) is 0 Å². The molecular formula is C16H11Cl2NO3. The number of hydrogen-bond acceptors (Lipinski definition) is 2. The lowest BCUT2D eigenvalue weighted by Gasteiger charge is -2.11. The number of carboxylic acids is 1. The van der Waals surface area contributed by atoms with E-state index >= 15 is 0 Å². The number of benzene rings is 1. The summed E-state index contributed by atoms with van der Waals surface area (Å²) >= 11 is 12.2. The van der Waals surface area contributed by atoms with E-state index in [0.29, 0.717) is 32.4 Å². The first-order chi connectivity index (χ1) is 10.5. The van der Waals surface area contributed by atoms with Crippen molar-refractivity contribution in [1.29, 1.82) is 0 Å². The van der Waals surface area contributed by atoms with E-state index in [1.54, 1.807) is 41.1 Å². The molecule has 0 saturated heterocycles. The summed E-state index contributed by atoms with van der Waals surface area (Å²) in [6, 6.07) is 8.55. The summed E-state index contributed by atoms with van der Waals surface area (Å²) in [5.41, 5.74) is 1.81. The third-order valence-corrected chi connectivity index (χ3v) is 3.90. The smallest absolute Gasteiger partial charge is 0.338 e. The standard InChI is InChI=1S/C16H11Cl2NO3/c1-22-15-10(6-9(17)7-12(15)18)11-8-19-5-3-2-4-13(19)14(11)16(20)21/h2-8H,1H3,(H,20,21). The van der Waals surface area contributed by atoms with Gasteiger partial charge in [-0.15, -0.1) is 0 Å². The quantitative estimate of drug-likeness (QED) is 0.759. The Morgan fingerprint density at radius 2 is 2.00 bits per heavy atom. The van der Waals surface area contributed by atoms with Crippen molar-refractivity contribution >= 4 is 34.7 Å². The van der Waals surface area contributed by atoms with E-state index in [1.165, 1.54) is 7.11 Å². The summed E-state index contributed by atoms with van der Waals surface area (Å²) in [6.07, 6.45) is 3.51. The first-order valence-electron chi connectivity index (χ1n) is 6.39. The summed E-state index contributed by atoms with van der Waals surface area (Å²) in [5.74, 6) is -0.633. The molecule has 0 spiro atoms. The number of aromatic nitrogens is 1. The highest BCUT2D eigenvalue weighted by Crippen LogP contribution is 2.41. The molecule has 6 heteroatoms. The van der Waals surface area contributed by atoms with Crippen LogP contribution >= 0.6 is 23.2 Å². The van der Waals surface area contributed by atoms with Crippen LogP contribution in [0.4, 0.5) is 0 Å². The van der Waals surface area contributed by atoms with Gasteiger partial charge in [0.05, 0.1) is 23.2 Å². The van der Waals surface area contributed by atoms with Crippen molar-refractivity contribution in [2.24, 2.45) is 0 Å². The maximum Gasteiger partial charge on any atom is 0.338 e. The maximum atomic E-state index is 11.7. The monoisotopic (exact) mass is 335 g/mol. The van der Waals surface area contributed by atoms with E-state index in [-0.39, 0.29) is 5.56 Å². The molecule has 112 valence electrons. The normalized spacial score (nSPS) is 10.9. The van der Waals surface area contributed by atoms with Crippen LogP contribution in [0.2, 0.25) is 10.0 Å². The highest BCUT2D eigenvalue weighted by Gasteiger charge is 2.22.